The van der Waals surface area contributed by atoms with Gasteiger partial charge in [0.05, 0.1) is 0 Å². The van der Waals surface area contributed by atoms with E-state index < -0.39 is 0 Å². The SMILES string of the molecule is C=Cc1ccccc1C(C)c1ccccc1C.CC. The fraction of sp³-hybridized carbons (Fsp3) is 0.263. The summed E-state index contributed by atoms with van der Waals surface area (Å²) in [5, 5.41) is 0. The van der Waals surface area contributed by atoms with E-state index in [1.165, 1.54) is 22.3 Å². The Labute approximate surface area is 117 Å². The summed E-state index contributed by atoms with van der Waals surface area (Å²) in [4.78, 5) is 0. The minimum absolute atomic E-state index is 0.408. The van der Waals surface area contributed by atoms with Crippen molar-refractivity contribution in [1.29, 1.82) is 0 Å². The Morgan fingerprint density at radius 2 is 1.42 bits per heavy atom. The van der Waals surface area contributed by atoms with E-state index in [1.807, 2.05) is 19.9 Å². The predicted molar refractivity (Wildman–Crippen MR) is 86.6 cm³/mol. The fourth-order valence-corrected chi connectivity index (χ4v) is 2.33. The van der Waals surface area contributed by atoms with Crippen LogP contribution in [0.4, 0.5) is 0 Å². The molecule has 0 nitrogen and oxygen atoms in total. The van der Waals surface area contributed by atoms with Gasteiger partial charge in [0.1, 0.15) is 0 Å². The topological polar surface area (TPSA) is 0 Å². The fourth-order valence-electron chi connectivity index (χ4n) is 2.33. The molecule has 0 fully saturated rings. The van der Waals surface area contributed by atoms with Crippen LogP contribution in [-0.4, -0.2) is 0 Å². The maximum Gasteiger partial charge on any atom is 0.00695 e. The molecule has 19 heavy (non-hydrogen) atoms. The Kier molecular flexibility index (Phi) is 6.08. The zero-order chi connectivity index (χ0) is 14.3. The van der Waals surface area contributed by atoms with Gasteiger partial charge >= 0.3 is 0 Å². The van der Waals surface area contributed by atoms with Gasteiger partial charge in [-0.15, -0.1) is 0 Å². The molecule has 0 aliphatic rings. The van der Waals surface area contributed by atoms with Gasteiger partial charge in [0, 0.05) is 5.92 Å². The van der Waals surface area contributed by atoms with E-state index in [9.17, 15) is 0 Å². The Morgan fingerprint density at radius 3 is 2.00 bits per heavy atom. The van der Waals surface area contributed by atoms with Gasteiger partial charge in [-0.2, -0.15) is 0 Å². The van der Waals surface area contributed by atoms with Crippen LogP contribution in [0, 0.1) is 6.92 Å². The lowest BCUT2D eigenvalue weighted by atomic mass is 9.87. The average molecular weight is 252 g/mol. The number of hydrogen-bond acceptors (Lipinski definition) is 0. The molecule has 1 atom stereocenters. The molecule has 0 aliphatic carbocycles. The first-order chi connectivity index (χ1) is 9.24. The highest BCUT2D eigenvalue weighted by atomic mass is 14.2. The molecule has 0 radical (unpaired) electrons. The Bertz CT molecular complexity index is 523. The normalized spacial score (nSPS) is 11.2. The van der Waals surface area contributed by atoms with E-state index in [2.05, 4.69) is 69.0 Å². The third-order valence-corrected chi connectivity index (χ3v) is 3.34. The van der Waals surface area contributed by atoms with Crippen LogP contribution in [0.2, 0.25) is 0 Å². The van der Waals surface area contributed by atoms with Gasteiger partial charge in [-0.05, 0) is 29.2 Å². The van der Waals surface area contributed by atoms with Crippen molar-refractivity contribution >= 4 is 6.08 Å². The van der Waals surface area contributed by atoms with E-state index in [0.29, 0.717) is 5.92 Å². The lowest BCUT2D eigenvalue weighted by Crippen LogP contribution is -2.00. The van der Waals surface area contributed by atoms with Gasteiger partial charge in [0.2, 0.25) is 0 Å². The second-order valence-corrected chi connectivity index (χ2v) is 4.41. The zero-order valence-corrected chi connectivity index (χ0v) is 12.5. The van der Waals surface area contributed by atoms with E-state index in [-0.39, 0.29) is 0 Å². The third-order valence-electron chi connectivity index (χ3n) is 3.34. The van der Waals surface area contributed by atoms with Crippen molar-refractivity contribution in [1.82, 2.24) is 0 Å². The molecule has 2 rings (SSSR count). The molecule has 1 unspecified atom stereocenters. The monoisotopic (exact) mass is 252 g/mol. The average Bonchev–Trinajstić information content (AvgIpc) is 2.49. The van der Waals surface area contributed by atoms with Crippen molar-refractivity contribution in [3.05, 3.63) is 77.4 Å². The molecule has 0 heteroatoms. The lowest BCUT2D eigenvalue weighted by Gasteiger charge is -2.17. The molecule has 100 valence electrons. The molecule has 0 heterocycles. The minimum Gasteiger partial charge on any atom is -0.0985 e. The summed E-state index contributed by atoms with van der Waals surface area (Å²) in [5.74, 6) is 0.408. The summed E-state index contributed by atoms with van der Waals surface area (Å²) < 4.78 is 0. The van der Waals surface area contributed by atoms with Gasteiger partial charge in [-0.1, -0.05) is 82.0 Å². The highest BCUT2D eigenvalue weighted by Gasteiger charge is 2.12. The Hall–Kier alpha value is -1.82. The molecule has 2 aromatic carbocycles. The van der Waals surface area contributed by atoms with Crippen LogP contribution in [0.25, 0.3) is 6.08 Å². The molecule has 0 saturated carbocycles. The van der Waals surface area contributed by atoms with Crippen molar-refractivity contribution in [3.63, 3.8) is 0 Å². The standard InChI is InChI=1S/C17H18.C2H6/c1-4-15-10-6-8-12-17(15)14(3)16-11-7-5-9-13(16)2;1-2/h4-12,14H,1H2,2-3H3;1-2H3. The molecule has 0 saturated heterocycles. The van der Waals surface area contributed by atoms with Crippen LogP contribution in [0.3, 0.4) is 0 Å². The molecular weight excluding hydrogens is 228 g/mol. The Balaban J connectivity index is 0.000000861. The minimum atomic E-state index is 0.408. The first-order valence-electron chi connectivity index (χ1n) is 7.01. The summed E-state index contributed by atoms with van der Waals surface area (Å²) >= 11 is 0. The van der Waals surface area contributed by atoms with Gasteiger partial charge in [0.25, 0.3) is 0 Å². The van der Waals surface area contributed by atoms with Crippen LogP contribution in [-0.2, 0) is 0 Å². The summed E-state index contributed by atoms with van der Waals surface area (Å²) in [6.07, 6.45) is 1.93. The van der Waals surface area contributed by atoms with Crippen molar-refractivity contribution in [3.8, 4) is 0 Å². The second-order valence-electron chi connectivity index (χ2n) is 4.41. The molecule has 0 N–H and O–H groups in total. The smallest absolute Gasteiger partial charge is 0.00695 e. The first-order valence-corrected chi connectivity index (χ1v) is 7.01. The van der Waals surface area contributed by atoms with E-state index >= 15 is 0 Å². The van der Waals surface area contributed by atoms with Crippen molar-refractivity contribution in [2.75, 3.05) is 0 Å². The summed E-state index contributed by atoms with van der Waals surface area (Å²) in [7, 11) is 0. The third kappa shape index (κ3) is 3.57. The van der Waals surface area contributed by atoms with Crippen LogP contribution in [0.15, 0.2) is 55.1 Å². The van der Waals surface area contributed by atoms with Crippen LogP contribution >= 0.6 is 0 Å². The van der Waals surface area contributed by atoms with Gasteiger partial charge in [-0.25, -0.2) is 0 Å². The molecule has 0 bridgehead atoms. The molecule has 0 aliphatic heterocycles. The van der Waals surface area contributed by atoms with Gasteiger partial charge < -0.3 is 0 Å². The quantitative estimate of drug-likeness (QED) is 0.646. The number of aryl methyl sites for hydroxylation is 1. The second kappa shape index (κ2) is 7.58. The highest BCUT2D eigenvalue weighted by Crippen LogP contribution is 2.29. The molecule has 0 spiro atoms. The molecular formula is C19H24. The maximum atomic E-state index is 3.89. The largest absolute Gasteiger partial charge is 0.0985 e. The summed E-state index contributed by atoms with van der Waals surface area (Å²) in [5.41, 5.74) is 5.31. The zero-order valence-electron chi connectivity index (χ0n) is 12.5. The maximum absolute atomic E-state index is 3.89. The van der Waals surface area contributed by atoms with Crippen molar-refractivity contribution in [2.45, 2.75) is 33.6 Å². The van der Waals surface area contributed by atoms with E-state index in [0.717, 1.165) is 0 Å². The lowest BCUT2D eigenvalue weighted by molar-refractivity contribution is 0.907. The Morgan fingerprint density at radius 1 is 0.895 bits per heavy atom. The number of rotatable bonds is 3. The molecule has 0 amide bonds. The highest BCUT2D eigenvalue weighted by molar-refractivity contribution is 5.55. The summed E-state index contributed by atoms with van der Waals surface area (Å²) in [6, 6.07) is 17.0. The van der Waals surface area contributed by atoms with Crippen molar-refractivity contribution in [2.24, 2.45) is 0 Å². The first kappa shape index (κ1) is 15.2. The molecule has 0 aromatic heterocycles. The van der Waals surface area contributed by atoms with Gasteiger partial charge in [0.15, 0.2) is 0 Å². The molecule has 2 aromatic rings. The number of benzene rings is 2. The van der Waals surface area contributed by atoms with Gasteiger partial charge in [-0.3, -0.25) is 0 Å². The summed E-state index contributed by atoms with van der Waals surface area (Å²) in [6.45, 7) is 12.3. The number of hydrogen-bond donors (Lipinski definition) is 0. The van der Waals surface area contributed by atoms with Crippen LogP contribution in [0.5, 0.6) is 0 Å². The van der Waals surface area contributed by atoms with Crippen LogP contribution in [0.1, 0.15) is 48.9 Å². The van der Waals surface area contributed by atoms with E-state index in [4.69, 9.17) is 0 Å². The predicted octanol–water partition coefficient (Wildman–Crippen LogP) is 5.82. The van der Waals surface area contributed by atoms with Crippen molar-refractivity contribution < 1.29 is 0 Å². The van der Waals surface area contributed by atoms with Crippen LogP contribution < -0.4 is 0 Å². The van der Waals surface area contributed by atoms with E-state index in [1.54, 1.807) is 0 Å².